The van der Waals surface area contributed by atoms with E-state index >= 15 is 0 Å². The van der Waals surface area contributed by atoms with Crippen LogP contribution in [0.2, 0.25) is 0 Å². The monoisotopic (exact) mass is 347 g/mol. The molecule has 0 saturated heterocycles. The summed E-state index contributed by atoms with van der Waals surface area (Å²) in [5.41, 5.74) is 4.12. The lowest BCUT2D eigenvalue weighted by atomic mass is 10.1. The summed E-state index contributed by atoms with van der Waals surface area (Å²) >= 11 is 0. The second kappa shape index (κ2) is 6.40. The Labute approximate surface area is 149 Å². The molecule has 0 aliphatic heterocycles. The topological polar surface area (TPSA) is 101 Å². The van der Waals surface area contributed by atoms with Gasteiger partial charge in [0, 0.05) is 5.56 Å². The third-order valence-corrected chi connectivity index (χ3v) is 4.21. The Bertz CT molecular complexity index is 1050. The van der Waals surface area contributed by atoms with Crippen molar-refractivity contribution in [1.29, 1.82) is 0 Å². The Morgan fingerprint density at radius 3 is 2.77 bits per heavy atom. The van der Waals surface area contributed by atoms with Crippen molar-refractivity contribution in [2.24, 2.45) is 0 Å². The molecule has 3 heterocycles. The van der Waals surface area contributed by atoms with E-state index in [-0.39, 0.29) is 11.9 Å². The molecular weight excluding hydrogens is 330 g/mol. The fourth-order valence-corrected chi connectivity index (χ4v) is 2.78. The van der Waals surface area contributed by atoms with Gasteiger partial charge in [0.1, 0.15) is 18.5 Å². The Kier molecular flexibility index (Phi) is 3.92. The summed E-state index contributed by atoms with van der Waals surface area (Å²) in [7, 11) is 0. The smallest absolute Gasteiger partial charge is 0.252 e. The highest BCUT2D eigenvalue weighted by atomic mass is 16.1. The van der Waals surface area contributed by atoms with Gasteiger partial charge in [-0.3, -0.25) is 14.3 Å². The number of carbonyl (C=O) groups is 1. The molecule has 3 aromatic heterocycles. The highest BCUT2D eigenvalue weighted by Crippen LogP contribution is 2.23. The van der Waals surface area contributed by atoms with Gasteiger partial charge >= 0.3 is 0 Å². The van der Waals surface area contributed by atoms with Gasteiger partial charge in [0.15, 0.2) is 5.65 Å². The summed E-state index contributed by atoms with van der Waals surface area (Å²) < 4.78 is 1.86. The van der Waals surface area contributed by atoms with Gasteiger partial charge in [0.25, 0.3) is 5.91 Å². The van der Waals surface area contributed by atoms with Crippen LogP contribution in [-0.4, -0.2) is 35.7 Å². The summed E-state index contributed by atoms with van der Waals surface area (Å²) in [5.74, 6) is 0.383. The number of rotatable bonds is 4. The Morgan fingerprint density at radius 1 is 1.23 bits per heavy atom. The highest BCUT2D eigenvalue weighted by Gasteiger charge is 2.16. The first-order valence-electron chi connectivity index (χ1n) is 8.19. The fraction of sp³-hybridized carbons (Fsp3) is 0.167. The van der Waals surface area contributed by atoms with Crippen molar-refractivity contribution in [2.45, 2.75) is 19.9 Å². The van der Waals surface area contributed by atoms with Crippen molar-refractivity contribution in [2.75, 3.05) is 0 Å². The Morgan fingerprint density at radius 2 is 2.04 bits per heavy atom. The van der Waals surface area contributed by atoms with Crippen LogP contribution < -0.4 is 5.32 Å². The maximum atomic E-state index is 12.7. The molecule has 26 heavy (non-hydrogen) atoms. The molecule has 0 saturated carbocycles. The summed E-state index contributed by atoms with van der Waals surface area (Å²) in [6.07, 6.45) is 3.05. The molecule has 1 atom stereocenters. The van der Waals surface area contributed by atoms with Gasteiger partial charge < -0.3 is 5.32 Å². The van der Waals surface area contributed by atoms with Crippen LogP contribution in [0, 0.1) is 6.92 Å². The lowest BCUT2D eigenvalue weighted by Gasteiger charge is -2.13. The van der Waals surface area contributed by atoms with Crippen LogP contribution >= 0.6 is 0 Å². The van der Waals surface area contributed by atoms with E-state index in [9.17, 15) is 4.79 Å². The minimum atomic E-state index is -0.290. The molecule has 4 rings (SSSR count). The number of fused-ring (bicyclic) bond motifs is 1. The molecule has 0 spiro atoms. The first-order chi connectivity index (χ1) is 12.6. The van der Waals surface area contributed by atoms with E-state index in [2.05, 4.69) is 30.7 Å². The number of aromatic nitrogens is 6. The van der Waals surface area contributed by atoms with Gasteiger partial charge in [0.2, 0.25) is 0 Å². The standard InChI is InChI=1S/C18H17N7O/c1-11-3-5-13(6-4-11)15-7-14(8-16-23-21-10-25(15)16)18(26)22-12(2)17-19-9-20-24-17/h3-10,12H,1-2H3,(H,22,26)(H,19,20,24)/t12-/m0/s1. The number of hydrogen-bond donors (Lipinski definition) is 2. The van der Waals surface area contributed by atoms with Crippen molar-refractivity contribution < 1.29 is 4.79 Å². The van der Waals surface area contributed by atoms with Gasteiger partial charge in [-0.05, 0) is 31.5 Å². The summed E-state index contributed by atoms with van der Waals surface area (Å²) in [5, 5.41) is 17.5. The van der Waals surface area contributed by atoms with Crippen LogP contribution in [0.5, 0.6) is 0 Å². The SMILES string of the molecule is Cc1ccc(-c2cc(C(=O)N[C@@H](C)c3ncn[nH]3)cc3nncn23)cc1. The molecule has 0 aliphatic rings. The average Bonchev–Trinajstić information content (AvgIpc) is 3.33. The lowest BCUT2D eigenvalue weighted by molar-refractivity contribution is 0.0938. The van der Waals surface area contributed by atoms with E-state index in [1.807, 2.05) is 48.6 Å². The molecule has 0 fully saturated rings. The normalized spacial score (nSPS) is 12.2. The van der Waals surface area contributed by atoms with Gasteiger partial charge in [-0.25, -0.2) is 4.98 Å². The number of H-pyrrole nitrogens is 1. The van der Waals surface area contributed by atoms with Crippen molar-refractivity contribution in [3.8, 4) is 11.3 Å². The molecule has 4 aromatic rings. The van der Waals surface area contributed by atoms with E-state index in [1.165, 1.54) is 11.9 Å². The van der Waals surface area contributed by atoms with Crippen LogP contribution in [0.1, 0.15) is 34.7 Å². The number of nitrogens with zero attached hydrogens (tertiary/aromatic N) is 5. The van der Waals surface area contributed by atoms with Gasteiger partial charge in [-0.15, -0.1) is 10.2 Å². The number of hydrogen-bond acceptors (Lipinski definition) is 5. The van der Waals surface area contributed by atoms with Crippen LogP contribution in [0.3, 0.4) is 0 Å². The fourth-order valence-electron chi connectivity index (χ4n) is 2.78. The first-order valence-corrected chi connectivity index (χ1v) is 8.19. The molecule has 0 radical (unpaired) electrons. The second-order valence-corrected chi connectivity index (χ2v) is 6.12. The second-order valence-electron chi connectivity index (χ2n) is 6.12. The number of nitrogens with one attached hydrogen (secondary N) is 2. The van der Waals surface area contributed by atoms with E-state index in [4.69, 9.17) is 0 Å². The summed E-state index contributed by atoms with van der Waals surface area (Å²) in [6, 6.07) is 11.4. The van der Waals surface area contributed by atoms with Crippen molar-refractivity contribution in [3.63, 3.8) is 0 Å². The quantitative estimate of drug-likeness (QED) is 0.590. The van der Waals surface area contributed by atoms with Gasteiger partial charge in [-0.2, -0.15) is 5.10 Å². The predicted octanol–water partition coefficient (Wildman–Crippen LogP) is 2.31. The van der Waals surface area contributed by atoms with Crippen LogP contribution in [0.15, 0.2) is 49.1 Å². The van der Waals surface area contributed by atoms with Crippen molar-refractivity contribution in [3.05, 3.63) is 66.0 Å². The lowest BCUT2D eigenvalue weighted by Crippen LogP contribution is -2.27. The Balaban J connectivity index is 1.71. The van der Waals surface area contributed by atoms with Gasteiger partial charge in [0.05, 0.1) is 11.7 Å². The molecule has 130 valence electrons. The van der Waals surface area contributed by atoms with E-state index < -0.39 is 0 Å². The minimum Gasteiger partial charge on any atom is -0.342 e. The number of pyridine rings is 1. The molecular formula is C18H17N7O. The highest BCUT2D eigenvalue weighted by molar-refractivity contribution is 5.96. The molecule has 8 heteroatoms. The van der Waals surface area contributed by atoms with Crippen LogP contribution in [0.25, 0.3) is 16.9 Å². The third kappa shape index (κ3) is 2.92. The predicted molar refractivity (Wildman–Crippen MR) is 95.4 cm³/mol. The zero-order chi connectivity index (χ0) is 18.1. The van der Waals surface area contributed by atoms with Gasteiger partial charge in [-0.1, -0.05) is 29.8 Å². The number of aromatic amines is 1. The first kappa shape index (κ1) is 15.9. The largest absolute Gasteiger partial charge is 0.342 e. The van der Waals surface area contributed by atoms with Crippen molar-refractivity contribution in [1.82, 2.24) is 35.1 Å². The number of amides is 1. The van der Waals surface area contributed by atoms with Crippen molar-refractivity contribution >= 4 is 11.6 Å². The molecule has 8 nitrogen and oxygen atoms in total. The average molecular weight is 347 g/mol. The number of carbonyl (C=O) groups excluding carboxylic acids is 1. The zero-order valence-corrected chi connectivity index (χ0v) is 14.3. The van der Waals surface area contributed by atoms with E-state index in [0.29, 0.717) is 17.0 Å². The maximum Gasteiger partial charge on any atom is 0.252 e. The number of aryl methyl sites for hydroxylation is 1. The van der Waals surface area contributed by atoms with Crippen LogP contribution in [-0.2, 0) is 0 Å². The summed E-state index contributed by atoms with van der Waals surface area (Å²) in [6.45, 7) is 3.88. The Hall–Kier alpha value is -3.55. The van der Waals surface area contributed by atoms with E-state index in [1.54, 1.807) is 12.4 Å². The third-order valence-electron chi connectivity index (χ3n) is 4.21. The molecule has 0 bridgehead atoms. The number of benzene rings is 1. The molecule has 1 amide bonds. The summed E-state index contributed by atoms with van der Waals surface area (Å²) in [4.78, 5) is 16.8. The molecule has 0 aliphatic carbocycles. The molecule has 0 unspecified atom stereocenters. The van der Waals surface area contributed by atoms with Crippen LogP contribution in [0.4, 0.5) is 0 Å². The maximum absolute atomic E-state index is 12.7. The molecule has 1 aromatic carbocycles. The zero-order valence-electron chi connectivity index (χ0n) is 14.3. The molecule has 2 N–H and O–H groups in total. The minimum absolute atomic E-state index is 0.215. The van der Waals surface area contributed by atoms with E-state index in [0.717, 1.165) is 11.3 Å².